The van der Waals surface area contributed by atoms with Gasteiger partial charge in [0, 0.05) is 30.4 Å². The van der Waals surface area contributed by atoms with Gasteiger partial charge in [0.25, 0.3) is 0 Å². The van der Waals surface area contributed by atoms with E-state index in [1.165, 1.54) is 7.11 Å². The molecule has 2 aliphatic rings. The number of likely N-dealkylation sites (tertiary alicyclic amines) is 1. The van der Waals surface area contributed by atoms with Crippen molar-refractivity contribution in [3.8, 4) is 0 Å². The summed E-state index contributed by atoms with van der Waals surface area (Å²) >= 11 is 0. The zero-order valence-corrected chi connectivity index (χ0v) is 17.8. The summed E-state index contributed by atoms with van der Waals surface area (Å²) in [5.41, 5.74) is 2.23. The third-order valence-electron chi connectivity index (χ3n) is 5.67. The maximum absolute atomic E-state index is 12.6. The second kappa shape index (κ2) is 9.23. The highest BCUT2D eigenvalue weighted by atomic mass is 32.2. The zero-order valence-electron chi connectivity index (χ0n) is 16.9. The first kappa shape index (κ1) is 21.7. The Balaban J connectivity index is 1.51. The molecule has 1 unspecified atom stereocenters. The average Bonchev–Trinajstić information content (AvgIpc) is 3.04. The lowest BCUT2D eigenvalue weighted by atomic mass is 9.94. The van der Waals surface area contributed by atoms with Crippen LogP contribution in [0.5, 0.6) is 0 Å². The SMILES string of the molecule is COCC(=O)Nc1ccc(NC(=O)C2CCN(C3CCS(=O)(=O)C3)CC2)cc1C. The highest BCUT2D eigenvalue weighted by Gasteiger charge is 2.35. The summed E-state index contributed by atoms with van der Waals surface area (Å²) in [7, 11) is -1.42. The van der Waals surface area contributed by atoms with Gasteiger partial charge in [-0.25, -0.2) is 8.42 Å². The maximum Gasteiger partial charge on any atom is 0.250 e. The van der Waals surface area contributed by atoms with Crippen molar-refractivity contribution < 1.29 is 22.7 Å². The molecular formula is C20H29N3O5S. The lowest BCUT2D eigenvalue weighted by molar-refractivity contribution is -0.121. The molecule has 0 saturated carbocycles. The van der Waals surface area contributed by atoms with E-state index in [1.54, 1.807) is 12.1 Å². The summed E-state index contributed by atoms with van der Waals surface area (Å²) in [6.45, 7) is 3.36. The Morgan fingerprint density at radius 3 is 2.48 bits per heavy atom. The van der Waals surface area contributed by atoms with Crippen LogP contribution in [0, 0.1) is 12.8 Å². The number of piperidine rings is 1. The third-order valence-corrected chi connectivity index (χ3v) is 7.42. The van der Waals surface area contributed by atoms with Gasteiger partial charge < -0.3 is 15.4 Å². The Hall–Kier alpha value is -1.97. The van der Waals surface area contributed by atoms with Crippen LogP contribution in [0.4, 0.5) is 11.4 Å². The first-order valence-electron chi connectivity index (χ1n) is 9.92. The van der Waals surface area contributed by atoms with Gasteiger partial charge in [0.15, 0.2) is 9.84 Å². The Kier molecular flexibility index (Phi) is 6.92. The van der Waals surface area contributed by atoms with Crippen LogP contribution in [0.2, 0.25) is 0 Å². The van der Waals surface area contributed by atoms with E-state index >= 15 is 0 Å². The number of hydrogen-bond acceptors (Lipinski definition) is 6. The predicted octanol–water partition coefficient (Wildman–Crippen LogP) is 1.42. The number of anilines is 2. The van der Waals surface area contributed by atoms with Crippen molar-refractivity contribution in [2.45, 2.75) is 32.2 Å². The number of hydrogen-bond donors (Lipinski definition) is 2. The summed E-state index contributed by atoms with van der Waals surface area (Å²) in [6, 6.07) is 5.47. The summed E-state index contributed by atoms with van der Waals surface area (Å²) in [5, 5.41) is 5.73. The van der Waals surface area contributed by atoms with Crippen molar-refractivity contribution in [3.63, 3.8) is 0 Å². The summed E-state index contributed by atoms with van der Waals surface area (Å²) in [6.07, 6.45) is 2.16. The van der Waals surface area contributed by atoms with Gasteiger partial charge >= 0.3 is 0 Å². The normalized spacial score (nSPS) is 22.3. The van der Waals surface area contributed by atoms with Crippen LogP contribution in [-0.4, -0.2) is 69.5 Å². The fraction of sp³-hybridized carbons (Fsp3) is 0.600. The standard InChI is InChI=1S/C20H29N3O5S/c1-14-11-16(3-4-18(14)22-19(24)12-28-2)21-20(25)15-5-8-23(9-6-15)17-7-10-29(26,27)13-17/h3-4,11,15,17H,5-10,12-13H2,1-2H3,(H,21,25)(H,22,24). The second-order valence-corrected chi connectivity index (χ2v) is 10.1. The Morgan fingerprint density at radius 1 is 1.17 bits per heavy atom. The summed E-state index contributed by atoms with van der Waals surface area (Å²) in [4.78, 5) is 26.5. The maximum atomic E-state index is 12.6. The fourth-order valence-corrected chi connectivity index (χ4v) is 5.80. The van der Waals surface area contributed by atoms with Gasteiger partial charge in [0.2, 0.25) is 11.8 Å². The molecule has 9 heteroatoms. The molecule has 2 heterocycles. The average molecular weight is 424 g/mol. The molecule has 8 nitrogen and oxygen atoms in total. The molecular weight excluding hydrogens is 394 g/mol. The van der Waals surface area contributed by atoms with E-state index in [1.807, 2.05) is 13.0 Å². The van der Waals surface area contributed by atoms with Gasteiger partial charge in [-0.15, -0.1) is 0 Å². The smallest absolute Gasteiger partial charge is 0.250 e. The van der Waals surface area contributed by atoms with Crippen LogP contribution < -0.4 is 10.6 Å². The highest BCUT2D eigenvalue weighted by molar-refractivity contribution is 7.91. The first-order chi connectivity index (χ1) is 13.8. The lowest BCUT2D eigenvalue weighted by Crippen LogP contribution is -2.44. The van der Waals surface area contributed by atoms with E-state index in [0.717, 1.165) is 31.5 Å². The van der Waals surface area contributed by atoms with E-state index in [9.17, 15) is 18.0 Å². The highest BCUT2D eigenvalue weighted by Crippen LogP contribution is 2.26. The molecule has 2 fully saturated rings. The number of methoxy groups -OCH3 is 1. The van der Waals surface area contributed by atoms with Crippen molar-refractivity contribution in [1.82, 2.24) is 4.90 Å². The van der Waals surface area contributed by atoms with E-state index in [4.69, 9.17) is 4.74 Å². The van der Waals surface area contributed by atoms with E-state index in [-0.39, 0.29) is 41.9 Å². The molecule has 1 atom stereocenters. The van der Waals surface area contributed by atoms with Gasteiger partial charge in [0.05, 0.1) is 11.5 Å². The van der Waals surface area contributed by atoms with Gasteiger partial charge in [0.1, 0.15) is 6.61 Å². The fourth-order valence-electron chi connectivity index (χ4n) is 4.03. The molecule has 0 spiro atoms. The Morgan fingerprint density at radius 2 is 1.90 bits per heavy atom. The predicted molar refractivity (Wildman–Crippen MR) is 112 cm³/mol. The molecule has 2 saturated heterocycles. The molecule has 0 bridgehead atoms. The van der Waals surface area contributed by atoms with Crippen LogP contribution in [0.3, 0.4) is 0 Å². The van der Waals surface area contributed by atoms with Crippen LogP contribution in [0.25, 0.3) is 0 Å². The van der Waals surface area contributed by atoms with Crippen LogP contribution in [0.1, 0.15) is 24.8 Å². The van der Waals surface area contributed by atoms with E-state index in [2.05, 4.69) is 15.5 Å². The number of nitrogens with one attached hydrogen (secondary N) is 2. The molecule has 0 radical (unpaired) electrons. The molecule has 1 aromatic carbocycles. The number of benzene rings is 1. The molecule has 3 rings (SSSR count). The van der Waals surface area contributed by atoms with Gasteiger partial charge in [-0.2, -0.15) is 0 Å². The molecule has 2 amide bonds. The van der Waals surface area contributed by atoms with Gasteiger partial charge in [-0.3, -0.25) is 14.5 Å². The minimum Gasteiger partial charge on any atom is -0.375 e. The number of nitrogens with zero attached hydrogens (tertiary/aromatic N) is 1. The van der Waals surface area contributed by atoms with Crippen LogP contribution >= 0.6 is 0 Å². The van der Waals surface area contributed by atoms with Crippen LogP contribution in [-0.2, 0) is 24.2 Å². The Labute approximate surface area is 171 Å². The lowest BCUT2D eigenvalue weighted by Gasteiger charge is -2.34. The number of sulfone groups is 1. The number of rotatable bonds is 6. The third kappa shape index (κ3) is 5.77. The van der Waals surface area contributed by atoms with E-state index in [0.29, 0.717) is 17.8 Å². The topological polar surface area (TPSA) is 105 Å². The zero-order chi connectivity index (χ0) is 21.0. The van der Waals surface area contributed by atoms with Crippen molar-refractivity contribution in [1.29, 1.82) is 0 Å². The molecule has 160 valence electrons. The van der Waals surface area contributed by atoms with Crippen LogP contribution in [0.15, 0.2) is 18.2 Å². The van der Waals surface area contributed by atoms with Gasteiger partial charge in [-0.05, 0) is 63.0 Å². The van der Waals surface area contributed by atoms with Crippen molar-refractivity contribution >= 4 is 33.0 Å². The molecule has 0 aromatic heterocycles. The number of amides is 2. The monoisotopic (exact) mass is 423 g/mol. The number of carbonyl (C=O) groups is 2. The molecule has 1 aromatic rings. The quantitative estimate of drug-likeness (QED) is 0.717. The Bertz CT molecular complexity index is 863. The number of carbonyl (C=O) groups excluding carboxylic acids is 2. The number of aryl methyl sites for hydroxylation is 1. The molecule has 0 aliphatic carbocycles. The number of ether oxygens (including phenoxy) is 1. The molecule has 2 aliphatic heterocycles. The molecule has 2 N–H and O–H groups in total. The van der Waals surface area contributed by atoms with E-state index < -0.39 is 9.84 Å². The molecule has 29 heavy (non-hydrogen) atoms. The minimum absolute atomic E-state index is 0.0105. The largest absolute Gasteiger partial charge is 0.375 e. The minimum atomic E-state index is -2.89. The van der Waals surface area contributed by atoms with Crippen molar-refractivity contribution in [2.75, 3.05) is 48.9 Å². The summed E-state index contributed by atoms with van der Waals surface area (Å²) < 4.78 is 28.2. The van der Waals surface area contributed by atoms with Crippen molar-refractivity contribution in [2.24, 2.45) is 5.92 Å². The first-order valence-corrected chi connectivity index (χ1v) is 11.7. The van der Waals surface area contributed by atoms with Gasteiger partial charge in [-0.1, -0.05) is 0 Å². The second-order valence-electron chi connectivity index (χ2n) is 7.87. The van der Waals surface area contributed by atoms with Crippen molar-refractivity contribution in [3.05, 3.63) is 23.8 Å². The summed E-state index contributed by atoms with van der Waals surface area (Å²) in [5.74, 6) is 0.203.